The molecule has 1 aliphatic carbocycles. The zero-order valence-corrected chi connectivity index (χ0v) is 18.6. The van der Waals surface area contributed by atoms with Gasteiger partial charge in [-0.05, 0) is 68.0 Å². The largest absolute Gasteiger partial charge is 0.365 e. The van der Waals surface area contributed by atoms with E-state index in [1.807, 2.05) is 18.2 Å². The first-order valence-electron chi connectivity index (χ1n) is 10.9. The van der Waals surface area contributed by atoms with Crippen molar-refractivity contribution >= 4 is 40.9 Å². The van der Waals surface area contributed by atoms with Crippen LogP contribution in [0.5, 0.6) is 0 Å². The summed E-state index contributed by atoms with van der Waals surface area (Å²) in [5, 5.41) is 1.37. The molecular formula is C24H27Cl2N3O. The molecule has 0 unspecified atom stereocenters. The van der Waals surface area contributed by atoms with Gasteiger partial charge in [-0.25, -0.2) is 0 Å². The van der Waals surface area contributed by atoms with Crippen LogP contribution in [0, 0.1) is 0 Å². The topological polar surface area (TPSA) is 26.8 Å². The molecule has 0 N–H and O–H groups in total. The van der Waals surface area contributed by atoms with Crippen molar-refractivity contribution in [3.63, 3.8) is 0 Å². The molecular weight excluding hydrogens is 417 g/mol. The van der Waals surface area contributed by atoms with Crippen LogP contribution in [-0.4, -0.2) is 42.5 Å². The first kappa shape index (κ1) is 20.2. The Morgan fingerprint density at radius 2 is 1.80 bits per heavy atom. The standard InChI is InChI=1S/C24H27Cl2N3O/c25-19-7-10-21(26)18(15-19)16-27-12-4-3-11-24(27,17-30)29-14-13-28(20-8-9-20)22-5-1-2-6-23(22)29/h1-2,5-7,10,15,17,20H,3-4,8-9,11-14,16H2/t24-/m1/s1. The minimum atomic E-state index is -0.657. The third-order valence-electron chi connectivity index (χ3n) is 6.83. The van der Waals surface area contributed by atoms with Crippen molar-refractivity contribution in [1.82, 2.24) is 4.90 Å². The summed E-state index contributed by atoms with van der Waals surface area (Å²) >= 11 is 12.7. The number of carbonyl (C=O) groups is 1. The van der Waals surface area contributed by atoms with Gasteiger partial charge in [0.25, 0.3) is 0 Å². The summed E-state index contributed by atoms with van der Waals surface area (Å²) in [7, 11) is 0. The summed E-state index contributed by atoms with van der Waals surface area (Å²) in [4.78, 5) is 20.0. The van der Waals surface area contributed by atoms with E-state index in [0.29, 0.717) is 22.6 Å². The van der Waals surface area contributed by atoms with E-state index >= 15 is 0 Å². The Morgan fingerprint density at radius 1 is 1.00 bits per heavy atom. The number of anilines is 2. The molecule has 0 bridgehead atoms. The lowest BCUT2D eigenvalue weighted by molar-refractivity contribution is -0.121. The summed E-state index contributed by atoms with van der Waals surface area (Å²) in [6.45, 7) is 3.30. The number of hydrogen-bond donors (Lipinski definition) is 0. The third-order valence-corrected chi connectivity index (χ3v) is 7.43. The van der Waals surface area contributed by atoms with E-state index in [1.165, 1.54) is 30.5 Å². The van der Waals surface area contributed by atoms with Gasteiger partial charge in [0, 0.05) is 42.3 Å². The Morgan fingerprint density at radius 3 is 2.57 bits per heavy atom. The van der Waals surface area contributed by atoms with Crippen molar-refractivity contribution in [2.75, 3.05) is 29.4 Å². The van der Waals surface area contributed by atoms with Crippen LogP contribution in [0.1, 0.15) is 37.7 Å². The monoisotopic (exact) mass is 443 g/mol. The van der Waals surface area contributed by atoms with Crippen LogP contribution in [0.2, 0.25) is 10.0 Å². The molecule has 2 aromatic rings. The lowest BCUT2D eigenvalue weighted by atomic mass is 9.91. The molecule has 3 aliphatic rings. The van der Waals surface area contributed by atoms with Crippen molar-refractivity contribution in [3.05, 3.63) is 58.1 Å². The molecule has 4 nitrogen and oxygen atoms in total. The smallest absolute Gasteiger partial charge is 0.160 e. The second-order valence-electron chi connectivity index (χ2n) is 8.68. The molecule has 158 valence electrons. The number of nitrogens with zero attached hydrogens (tertiary/aromatic N) is 3. The maximum Gasteiger partial charge on any atom is 0.160 e. The molecule has 0 aromatic heterocycles. The molecule has 5 rings (SSSR count). The normalized spacial score (nSPS) is 24.6. The van der Waals surface area contributed by atoms with Gasteiger partial charge in [0.15, 0.2) is 11.9 Å². The number of para-hydroxylation sites is 2. The minimum absolute atomic E-state index is 0.614. The van der Waals surface area contributed by atoms with Crippen molar-refractivity contribution in [3.8, 4) is 0 Å². The summed E-state index contributed by atoms with van der Waals surface area (Å²) < 4.78 is 0. The van der Waals surface area contributed by atoms with Gasteiger partial charge in [-0.3, -0.25) is 9.69 Å². The Kier molecular flexibility index (Phi) is 5.42. The van der Waals surface area contributed by atoms with Gasteiger partial charge in [-0.2, -0.15) is 0 Å². The fourth-order valence-corrected chi connectivity index (χ4v) is 5.55. The average molecular weight is 444 g/mol. The number of halogens is 2. The van der Waals surface area contributed by atoms with Crippen LogP contribution in [-0.2, 0) is 11.3 Å². The highest BCUT2D eigenvalue weighted by Gasteiger charge is 2.47. The summed E-state index contributed by atoms with van der Waals surface area (Å²) in [6.07, 6.45) is 6.67. The summed E-state index contributed by atoms with van der Waals surface area (Å²) in [5.74, 6) is 0. The number of benzene rings is 2. The van der Waals surface area contributed by atoms with Gasteiger partial charge in [0.05, 0.1) is 11.4 Å². The number of aldehydes is 1. The Hall–Kier alpha value is -1.75. The van der Waals surface area contributed by atoms with E-state index in [9.17, 15) is 4.79 Å². The van der Waals surface area contributed by atoms with Gasteiger partial charge in [0.2, 0.25) is 0 Å². The van der Waals surface area contributed by atoms with Gasteiger partial charge < -0.3 is 9.80 Å². The van der Waals surface area contributed by atoms with Crippen LogP contribution < -0.4 is 9.80 Å². The zero-order valence-electron chi connectivity index (χ0n) is 17.1. The van der Waals surface area contributed by atoms with Crippen molar-refractivity contribution in [2.45, 2.75) is 50.4 Å². The summed E-state index contributed by atoms with van der Waals surface area (Å²) in [6, 6.07) is 14.8. The second kappa shape index (κ2) is 8.07. The highest BCUT2D eigenvalue weighted by Crippen LogP contribution is 2.45. The van der Waals surface area contributed by atoms with Crippen LogP contribution in [0.15, 0.2) is 42.5 Å². The number of piperidine rings is 1. The first-order valence-corrected chi connectivity index (χ1v) is 11.7. The van der Waals surface area contributed by atoms with E-state index in [1.54, 1.807) is 0 Å². The molecule has 1 atom stereocenters. The molecule has 2 aliphatic heterocycles. The number of carbonyl (C=O) groups excluding carboxylic acids is 1. The molecule has 1 saturated carbocycles. The van der Waals surface area contributed by atoms with Crippen LogP contribution in [0.4, 0.5) is 11.4 Å². The zero-order chi connectivity index (χ0) is 20.7. The second-order valence-corrected chi connectivity index (χ2v) is 9.52. The van der Waals surface area contributed by atoms with Crippen molar-refractivity contribution < 1.29 is 4.79 Å². The Bertz CT molecular complexity index is 948. The Labute approximate surface area is 188 Å². The van der Waals surface area contributed by atoms with Crippen LogP contribution >= 0.6 is 23.2 Å². The van der Waals surface area contributed by atoms with Gasteiger partial charge >= 0.3 is 0 Å². The third kappa shape index (κ3) is 3.49. The Balaban J connectivity index is 1.53. The molecule has 0 spiro atoms. The number of likely N-dealkylation sites (tertiary alicyclic amines) is 1. The molecule has 0 amide bonds. The highest BCUT2D eigenvalue weighted by molar-refractivity contribution is 6.33. The molecule has 1 saturated heterocycles. The molecule has 0 radical (unpaired) electrons. The average Bonchev–Trinajstić information content (AvgIpc) is 3.61. The van der Waals surface area contributed by atoms with Gasteiger partial charge in [-0.1, -0.05) is 35.3 Å². The van der Waals surface area contributed by atoms with E-state index < -0.39 is 5.66 Å². The first-order chi connectivity index (χ1) is 14.6. The molecule has 2 aromatic carbocycles. The van der Waals surface area contributed by atoms with Crippen LogP contribution in [0.3, 0.4) is 0 Å². The van der Waals surface area contributed by atoms with Crippen molar-refractivity contribution in [1.29, 1.82) is 0 Å². The molecule has 2 fully saturated rings. The fraction of sp³-hybridized carbons (Fsp3) is 0.458. The predicted octanol–water partition coefficient (Wildman–Crippen LogP) is 5.36. The fourth-order valence-electron chi connectivity index (χ4n) is 5.18. The summed E-state index contributed by atoms with van der Waals surface area (Å²) in [5.41, 5.74) is 2.75. The van der Waals surface area contributed by atoms with E-state index in [2.05, 4.69) is 39.0 Å². The van der Waals surface area contributed by atoms with E-state index in [0.717, 1.165) is 44.5 Å². The van der Waals surface area contributed by atoms with E-state index in [-0.39, 0.29) is 0 Å². The predicted molar refractivity (Wildman–Crippen MR) is 124 cm³/mol. The minimum Gasteiger partial charge on any atom is -0.365 e. The quantitative estimate of drug-likeness (QED) is 0.580. The van der Waals surface area contributed by atoms with Crippen molar-refractivity contribution in [2.24, 2.45) is 0 Å². The lowest BCUT2D eigenvalue weighted by Gasteiger charge is -2.54. The van der Waals surface area contributed by atoms with Gasteiger partial charge in [0.1, 0.15) is 0 Å². The molecule has 6 heteroatoms. The SMILES string of the molecule is O=C[C@]1(N2CCN(C3CC3)c3ccccc32)CCCCN1Cc1cc(Cl)ccc1Cl. The maximum absolute atomic E-state index is 12.8. The number of hydrogen-bond acceptors (Lipinski definition) is 4. The maximum atomic E-state index is 12.8. The number of fused-ring (bicyclic) bond motifs is 1. The molecule has 2 heterocycles. The van der Waals surface area contributed by atoms with Crippen LogP contribution in [0.25, 0.3) is 0 Å². The van der Waals surface area contributed by atoms with Gasteiger partial charge in [-0.15, -0.1) is 0 Å². The molecule has 30 heavy (non-hydrogen) atoms. The number of rotatable bonds is 5. The lowest BCUT2D eigenvalue weighted by Crippen LogP contribution is -2.66. The highest BCUT2D eigenvalue weighted by atomic mass is 35.5. The van der Waals surface area contributed by atoms with E-state index in [4.69, 9.17) is 23.2 Å².